The highest BCUT2D eigenvalue weighted by Crippen LogP contribution is 2.30. The number of aromatic nitrogens is 1. The zero-order valence-corrected chi connectivity index (χ0v) is 23.3. The summed E-state index contributed by atoms with van der Waals surface area (Å²) in [6.07, 6.45) is 2.51. The fourth-order valence-corrected chi connectivity index (χ4v) is 7.89. The number of hydrogen-bond acceptors (Lipinski definition) is 8. The van der Waals surface area contributed by atoms with Crippen molar-refractivity contribution in [2.75, 3.05) is 13.1 Å². The van der Waals surface area contributed by atoms with Gasteiger partial charge in [0.25, 0.3) is 15.9 Å². The van der Waals surface area contributed by atoms with E-state index in [1.165, 1.54) is 17.5 Å². The molecule has 1 unspecified atom stereocenters. The second-order valence-corrected chi connectivity index (χ2v) is 13.4. The third-order valence-electron chi connectivity index (χ3n) is 6.18. The van der Waals surface area contributed by atoms with Gasteiger partial charge in [0.2, 0.25) is 5.91 Å². The van der Waals surface area contributed by atoms with Crippen LogP contribution < -0.4 is 10.6 Å². The standard InChI is InChI=1S/C25H30N4O5S3/c1-15(2)12-18(28-24(32)22-13-21-20(36-22)8-11-35-21)23(31)27-17-7-5-10-29(14-19(17)30)37(33,34)25-16(3)6-4-9-26-25/h4,6,8-9,11,13,15,17-18H,5,7,10,12,14H2,1-3H3,(H,27,31)(H,28,32)/t17?,18-/m0/s1. The van der Waals surface area contributed by atoms with E-state index in [0.717, 1.165) is 13.7 Å². The molecule has 2 atom stereocenters. The van der Waals surface area contributed by atoms with Crippen molar-refractivity contribution < 1.29 is 22.8 Å². The first-order valence-electron chi connectivity index (χ1n) is 12.1. The normalized spacial score (nSPS) is 18.1. The maximum atomic E-state index is 13.2. The minimum absolute atomic E-state index is 0.0709. The molecule has 0 bridgehead atoms. The Morgan fingerprint density at radius 2 is 2.03 bits per heavy atom. The van der Waals surface area contributed by atoms with Crippen molar-refractivity contribution in [1.29, 1.82) is 0 Å². The largest absolute Gasteiger partial charge is 0.344 e. The van der Waals surface area contributed by atoms with Crippen molar-refractivity contribution in [3.8, 4) is 0 Å². The highest BCUT2D eigenvalue weighted by atomic mass is 32.2. The van der Waals surface area contributed by atoms with Crippen molar-refractivity contribution in [1.82, 2.24) is 19.9 Å². The Kier molecular flexibility index (Phi) is 8.42. The quantitative estimate of drug-likeness (QED) is 0.434. The average molecular weight is 563 g/mol. The van der Waals surface area contributed by atoms with E-state index in [-0.39, 0.29) is 29.9 Å². The lowest BCUT2D eigenvalue weighted by Gasteiger charge is -2.23. The fraction of sp³-hybridized carbons (Fsp3) is 0.440. The predicted molar refractivity (Wildman–Crippen MR) is 144 cm³/mol. The number of nitrogens with one attached hydrogen (secondary N) is 2. The van der Waals surface area contributed by atoms with Crippen molar-refractivity contribution in [3.05, 3.63) is 46.3 Å². The van der Waals surface area contributed by atoms with Gasteiger partial charge in [-0.25, -0.2) is 13.4 Å². The van der Waals surface area contributed by atoms with Gasteiger partial charge in [0.15, 0.2) is 10.8 Å². The van der Waals surface area contributed by atoms with Crippen LogP contribution in [0.1, 0.15) is 48.3 Å². The van der Waals surface area contributed by atoms with Crippen LogP contribution in [0.25, 0.3) is 9.40 Å². The number of nitrogens with zero attached hydrogens (tertiary/aromatic N) is 2. The first kappa shape index (κ1) is 27.4. The summed E-state index contributed by atoms with van der Waals surface area (Å²) in [4.78, 5) is 43.7. The Balaban J connectivity index is 1.44. The third kappa shape index (κ3) is 6.25. The van der Waals surface area contributed by atoms with Crippen LogP contribution >= 0.6 is 22.7 Å². The van der Waals surface area contributed by atoms with E-state index in [1.807, 2.05) is 31.4 Å². The molecule has 198 valence electrons. The SMILES string of the molecule is Cc1cccnc1S(=O)(=O)N1CCCC(NC(=O)[C@H](CC(C)C)NC(=O)c2cc3sccc3s2)C(=O)C1. The van der Waals surface area contributed by atoms with Gasteiger partial charge in [-0.3, -0.25) is 14.4 Å². The van der Waals surface area contributed by atoms with E-state index in [1.54, 1.807) is 30.4 Å². The molecular weight excluding hydrogens is 532 g/mol. The van der Waals surface area contributed by atoms with E-state index < -0.39 is 33.8 Å². The third-order valence-corrected chi connectivity index (χ3v) is 10.2. The number of carbonyl (C=O) groups is 3. The number of aryl methyl sites for hydroxylation is 1. The molecule has 0 spiro atoms. The zero-order valence-electron chi connectivity index (χ0n) is 20.9. The van der Waals surface area contributed by atoms with Crippen LogP contribution in [0.2, 0.25) is 0 Å². The van der Waals surface area contributed by atoms with Crippen LogP contribution in [0.3, 0.4) is 0 Å². The molecule has 3 aromatic heterocycles. The molecule has 3 aromatic rings. The number of sulfonamides is 1. The van der Waals surface area contributed by atoms with Gasteiger partial charge in [-0.05, 0) is 61.2 Å². The Hall–Kier alpha value is -2.67. The smallest absolute Gasteiger partial charge is 0.262 e. The van der Waals surface area contributed by atoms with Gasteiger partial charge >= 0.3 is 0 Å². The predicted octanol–water partition coefficient (Wildman–Crippen LogP) is 3.35. The summed E-state index contributed by atoms with van der Waals surface area (Å²) in [7, 11) is -3.95. The highest BCUT2D eigenvalue weighted by molar-refractivity contribution is 7.89. The Bertz CT molecular complexity index is 1380. The zero-order chi connectivity index (χ0) is 26.7. The summed E-state index contributed by atoms with van der Waals surface area (Å²) in [6.45, 7) is 5.36. The highest BCUT2D eigenvalue weighted by Gasteiger charge is 2.35. The molecule has 4 rings (SSSR count). The molecule has 12 heteroatoms. The van der Waals surface area contributed by atoms with E-state index >= 15 is 0 Å². The monoisotopic (exact) mass is 562 g/mol. The average Bonchev–Trinajstić information content (AvgIpc) is 3.39. The topological polar surface area (TPSA) is 126 Å². The molecule has 2 amide bonds. The number of thiophene rings is 2. The van der Waals surface area contributed by atoms with Crippen LogP contribution in [0.15, 0.2) is 40.9 Å². The van der Waals surface area contributed by atoms with Gasteiger partial charge in [0.1, 0.15) is 6.04 Å². The lowest BCUT2D eigenvalue weighted by atomic mass is 10.0. The van der Waals surface area contributed by atoms with E-state index in [9.17, 15) is 22.8 Å². The van der Waals surface area contributed by atoms with Gasteiger partial charge in [-0.15, -0.1) is 22.7 Å². The Morgan fingerprint density at radius 3 is 2.73 bits per heavy atom. The molecule has 37 heavy (non-hydrogen) atoms. The molecule has 0 aliphatic carbocycles. The Labute approximate surface area is 224 Å². The van der Waals surface area contributed by atoms with E-state index in [2.05, 4.69) is 15.6 Å². The first-order valence-corrected chi connectivity index (χ1v) is 15.2. The molecule has 0 radical (unpaired) electrons. The summed E-state index contributed by atoms with van der Waals surface area (Å²) < 4.78 is 29.5. The van der Waals surface area contributed by atoms with Crippen molar-refractivity contribution in [2.45, 2.75) is 57.1 Å². The van der Waals surface area contributed by atoms with Crippen LogP contribution in [0, 0.1) is 12.8 Å². The van der Waals surface area contributed by atoms with Gasteiger partial charge in [0, 0.05) is 22.1 Å². The number of amides is 2. The Morgan fingerprint density at radius 1 is 1.24 bits per heavy atom. The number of carbonyl (C=O) groups excluding carboxylic acids is 3. The van der Waals surface area contributed by atoms with Crippen LogP contribution in [0.5, 0.6) is 0 Å². The number of hydrogen-bond donors (Lipinski definition) is 2. The lowest BCUT2D eigenvalue weighted by Crippen LogP contribution is -2.52. The molecule has 4 heterocycles. The van der Waals surface area contributed by atoms with Crippen LogP contribution in [-0.2, 0) is 19.6 Å². The van der Waals surface area contributed by atoms with E-state index in [4.69, 9.17) is 0 Å². The number of ketones is 1. The summed E-state index contributed by atoms with van der Waals surface area (Å²) in [5.74, 6) is -1.05. The summed E-state index contributed by atoms with van der Waals surface area (Å²) in [6, 6.07) is 5.43. The maximum Gasteiger partial charge on any atom is 0.262 e. The van der Waals surface area contributed by atoms with E-state index in [0.29, 0.717) is 29.7 Å². The molecule has 1 aliphatic heterocycles. The summed E-state index contributed by atoms with van der Waals surface area (Å²) in [5.41, 5.74) is 0.502. The molecule has 0 saturated carbocycles. The van der Waals surface area contributed by atoms with Gasteiger partial charge in [0.05, 0.1) is 17.5 Å². The summed E-state index contributed by atoms with van der Waals surface area (Å²) in [5, 5.41) is 7.51. The molecular formula is C25H30N4O5S3. The van der Waals surface area contributed by atoms with Crippen molar-refractivity contribution in [3.63, 3.8) is 0 Å². The van der Waals surface area contributed by atoms with Crippen LogP contribution in [0.4, 0.5) is 0 Å². The minimum Gasteiger partial charge on any atom is -0.344 e. The minimum atomic E-state index is -3.95. The summed E-state index contributed by atoms with van der Waals surface area (Å²) >= 11 is 2.92. The number of Topliss-reactive ketones (excluding diaryl/α,β-unsaturated/α-hetero) is 1. The second kappa shape index (κ2) is 11.4. The molecule has 9 nitrogen and oxygen atoms in total. The van der Waals surface area contributed by atoms with Gasteiger partial charge < -0.3 is 10.6 Å². The maximum absolute atomic E-state index is 13.2. The van der Waals surface area contributed by atoms with Crippen LogP contribution in [-0.4, -0.2) is 60.5 Å². The molecule has 2 N–H and O–H groups in total. The number of rotatable bonds is 8. The van der Waals surface area contributed by atoms with Crippen molar-refractivity contribution in [2.24, 2.45) is 5.92 Å². The molecule has 1 aliphatic rings. The second-order valence-electron chi connectivity index (χ2n) is 9.55. The number of fused-ring (bicyclic) bond motifs is 1. The number of pyridine rings is 1. The molecule has 0 aromatic carbocycles. The fourth-order valence-electron chi connectivity index (χ4n) is 4.30. The van der Waals surface area contributed by atoms with Gasteiger partial charge in [-0.2, -0.15) is 4.31 Å². The lowest BCUT2D eigenvalue weighted by molar-refractivity contribution is -0.129. The molecule has 1 fully saturated rings. The van der Waals surface area contributed by atoms with Crippen molar-refractivity contribution >= 4 is 59.7 Å². The van der Waals surface area contributed by atoms with Gasteiger partial charge in [-0.1, -0.05) is 19.9 Å². The molecule has 1 saturated heterocycles. The first-order chi connectivity index (χ1) is 17.6.